The number of rotatable bonds is 5. The van der Waals surface area contributed by atoms with Crippen LogP contribution < -0.4 is 14.8 Å². The molecule has 0 spiro atoms. The lowest BCUT2D eigenvalue weighted by Crippen LogP contribution is -2.24. The number of amides is 1. The molecule has 22 heavy (non-hydrogen) atoms. The van der Waals surface area contributed by atoms with E-state index in [-0.39, 0.29) is 11.3 Å². The van der Waals surface area contributed by atoms with Gasteiger partial charge in [-0.2, -0.15) is 0 Å². The average Bonchev–Trinajstić information content (AvgIpc) is 2.53. The van der Waals surface area contributed by atoms with Gasteiger partial charge in [0.05, 0.1) is 19.8 Å². The van der Waals surface area contributed by atoms with Gasteiger partial charge >= 0.3 is 0 Å². The molecule has 4 nitrogen and oxygen atoms in total. The lowest BCUT2D eigenvalue weighted by molar-refractivity contribution is 0.0946. The molecule has 1 N–H and O–H groups in total. The Bertz CT molecular complexity index is 668. The minimum absolute atomic E-state index is 0.0789. The standard InChI is InChI=1S/C17H18FNO3/c1-11-4-6-12(7-5-11)10-19-17(20)13-8-15(21-2)16(22-3)9-14(13)18/h4-9H,10H2,1-3H3,(H,19,20). The third-order valence-electron chi connectivity index (χ3n) is 3.29. The van der Waals surface area contributed by atoms with Gasteiger partial charge in [0, 0.05) is 12.6 Å². The summed E-state index contributed by atoms with van der Waals surface area (Å²) in [5.41, 5.74) is 2.01. The van der Waals surface area contributed by atoms with Crippen LogP contribution in [0.5, 0.6) is 11.5 Å². The van der Waals surface area contributed by atoms with Crippen molar-refractivity contribution in [2.75, 3.05) is 14.2 Å². The van der Waals surface area contributed by atoms with Gasteiger partial charge in [-0.25, -0.2) is 4.39 Å². The lowest BCUT2D eigenvalue weighted by Gasteiger charge is -2.11. The lowest BCUT2D eigenvalue weighted by atomic mass is 10.1. The molecule has 116 valence electrons. The van der Waals surface area contributed by atoms with Crippen molar-refractivity contribution in [3.05, 3.63) is 58.9 Å². The maximum absolute atomic E-state index is 14.0. The van der Waals surface area contributed by atoms with E-state index in [1.807, 2.05) is 31.2 Å². The van der Waals surface area contributed by atoms with E-state index in [0.29, 0.717) is 12.3 Å². The van der Waals surface area contributed by atoms with Crippen LogP contribution in [0.3, 0.4) is 0 Å². The second-order valence-electron chi connectivity index (χ2n) is 4.86. The maximum atomic E-state index is 14.0. The second-order valence-corrected chi connectivity index (χ2v) is 4.86. The summed E-state index contributed by atoms with van der Waals surface area (Å²) in [6.07, 6.45) is 0. The zero-order valence-corrected chi connectivity index (χ0v) is 12.8. The first kappa shape index (κ1) is 15.8. The number of hydrogen-bond donors (Lipinski definition) is 1. The van der Waals surface area contributed by atoms with E-state index in [1.54, 1.807) is 0 Å². The molecule has 0 saturated carbocycles. The molecular formula is C17H18FNO3. The highest BCUT2D eigenvalue weighted by atomic mass is 19.1. The fraction of sp³-hybridized carbons (Fsp3) is 0.235. The second kappa shape index (κ2) is 6.93. The first-order chi connectivity index (χ1) is 10.5. The summed E-state index contributed by atoms with van der Waals surface area (Å²) in [5.74, 6) is -0.599. The molecule has 0 bridgehead atoms. The van der Waals surface area contributed by atoms with E-state index in [1.165, 1.54) is 20.3 Å². The molecule has 0 aliphatic heterocycles. The van der Waals surface area contributed by atoms with Gasteiger partial charge in [0.2, 0.25) is 0 Å². The van der Waals surface area contributed by atoms with Crippen LogP contribution in [0.4, 0.5) is 4.39 Å². The molecule has 0 aromatic heterocycles. The molecule has 0 aliphatic rings. The number of nitrogens with one attached hydrogen (secondary N) is 1. The van der Waals surface area contributed by atoms with Gasteiger partial charge in [-0.05, 0) is 18.6 Å². The molecule has 0 unspecified atom stereocenters. The Hall–Kier alpha value is -2.56. The van der Waals surface area contributed by atoms with E-state index >= 15 is 0 Å². The number of aryl methyl sites for hydroxylation is 1. The molecule has 0 aliphatic carbocycles. The molecule has 5 heteroatoms. The summed E-state index contributed by atoms with van der Waals surface area (Å²) in [7, 11) is 2.85. The zero-order chi connectivity index (χ0) is 16.1. The Balaban J connectivity index is 2.13. The highest BCUT2D eigenvalue weighted by Gasteiger charge is 2.16. The number of hydrogen-bond acceptors (Lipinski definition) is 3. The minimum atomic E-state index is -0.654. The molecule has 2 rings (SSSR count). The van der Waals surface area contributed by atoms with Crippen LogP contribution in [0, 0.1) is 12.7 Å². The van der Waals surface area contributed by atoms with Crippen LogP contribution in [-0.2, 0) is 6.54 Å². The molecule has 2 aromatic carbocycles. The SMILES string of the molecule is COc1cc(F)c(C(=O)NCc2ccc(C)cc2)cc1OC. The van der Waals surface area contributed by atoms with Crippen LogP contribution in [-0.4, -0.2) is 20.1 Å². The number of carbonyl (C=O) groups excluding carboxylic acids is 1. The van der Waals surface area contributed by atoms with Crippen molar-refractivity contribution in [3.63, 3.8) is 0 Å². The minimum Gasteiger partial charge on any atom is -0.493 e. The van der Waals surface area contributed by atoms with Crippen LogP contribution in [0.2, 0.25) is 0 Å². The van der Waals surface area contributed by atoms with Gasteiger partial charge in [0.25, 0.3) is 5.91 Å². The predicted molar refractivity (Wildman–Crippen MR) is 81.9 cm³/mol. The van der Waals surface area contributed by atoms with Crippen LogP contribution in [0.1, 0.15) is 21.5 Å². The fourth-order valence-electron chi connectivity index (χ4n) is 2.01. The predicted octanol–water partition coefficient (Wildman–Crippen LogP) is 3.08. The van der Waals surface area contributed by atoms with Crippen molar-refractivity contribution in [2.45, 2.75) is 13.5 Å². The maximum Gasteiger partial charge on any atom is 0.254 e. The zero-order valence-electron chi connectivity index (χ0n) is 12.8. The van der Waals surface area contributed by atoms with Gasteiger partial charge in [-0.1, -0.05) is 29.8 Å². The molecule has 1 amide bonds. The Morgan fingerprint density at radius 1 is 1.09 bits per heavy atom. The Kier molecular flexibility index (Phi) is 4.99. The van der Waals surface area contributed by atoms with Gasteiger partial charge in [-0.15, -0.1) is 0 Å². The summed E-state index contributed by atoms with van der Waals surface area (Å²) in [6, 6.07) is 10.2. The van der Waals surface area contributed by atoms with Gasteiger partial charge in [0.1, 0.15) is 5.82 Å². The number of halogens is 1. The number of methoxy groups -OCH3 is 2. The molecule has 0 heterocycles. The first-order valence-electron chi connectivity index (χ1n) is 6.80. The summed E-state index contributed by atoms with van der Waals surface area (Å²) in [6.45, 7) is 2.31. The average molecular weight is 303 g/mol. The van der Waals surface area contributed by atoms with E-state index in [9.17, 15) is 9.18 Å². The Labute approximate surface area is 128 Å². The molecule has 0 atom stereocenters. The van der Waals surface area contributed by atoms with Crippen LogP contribution >= 0.6 is 0 Å². The van der Waals surface area contributed by atoms with Crippen molar-refractivity contribution in [2.24, 2.45) is 0 Å². The molecule has 0 fully saturated rings. The van der Waals surface area contributed by atoms with Crippen LogP contribution in [0.25, 0.3) is 0 Å². The third kappa shape index (κ3) is 3.55. The van der Waals surface area contributed by atoms with Crippen LogP contribution in [0.15, 0.2) is 36.4 Å². The summed E-state index contributed by atoms with van der Waals surface area (Å²) < 4.78 is 24.1. The topological polar surface area (TPSA) is 47.6 Å². The van der Waals surface area contributed by atoms with Crippen molar-refractivity contribution in [1.82, 2.24) is 5.32 Å². The Morgan fingerprint density at radius 2 is 1.68 bits per heavy atom. The van der Waals surface area contributed by atoms with E-state index in [2.05, 4.69) is 5.32 Å². The number of benzene rings is 2. The first-order valence-corrected chi connectivity index (χ1v) is 6.80. The highest BCUT2D eigenvalue weighted by Crippen LogP contribution is 2.29. The fourth-order valence-corrected chi connectivity index (χ4v) is 2.01. The van der Waals surface area contributed by atoms with Crippen molar-refractivity contribution in [1.29, 1.82) is 0 Å². The number of carbonyl (C=O) groups is 1. The molecule has 2 aromatic rings. The Morgan fingerprint density at radius 3 is 2.27 bits per heavy atom. The largest absolute Gasteiger partial charge is 0.493 e. The van der Waals surface area contributed by atoms with Gasteiger partial charge in [0.15, 0.2) is 11.5 Å². The molecular weight excluding hydrogens is 285 g/mol. The van der Waals surface area contributed by atoms with Gasteiger partial charge < -0.3 is 14.8 Å². The van der Waals surface area contributed by atoms with E-state index in [4.69, 9.17) is 9.47 Å². The van der Waals surface area contributed by atoms with Crippen molar-refractivity contribution in [3.8, 4) is 11.5 Å². The third-order valence-corrected chi connectivity index (χ3v) is 3.29. The molecule has 0 radical (unpaired) electrons. The number of ether oxygens (including phenoxy) is 2. The summed E-state index contributed by atoms with van der Waals surface area (Å²) in [4.78, 5) is 12.1. The normalized spacial score (nSPS) is 10.2. The smallest absolute Gasteiger partial charge is 0.254 e. The van der Waals surface area contributed by atoms with E-state index in [0.717, 1.165) is 17.2 Å². The summed E-state index contributed by atoms with van der Waals surface area (Å²) >= 11 is 0. The van der Waals surface area contributed by atoms with E-state index < -0.39 is 11.7 Å². The quantitative estimate of drug-likeness (QED) is 0.923. The summed E-state index contributed by atoms with van der Waals surface area (Å²) in [5, 5.41) is 2.69. The molecule has 0 saturated heterocycles. The highest BCUT2D eigenvalue weighted by molar-refractivity contribution is 5.95. The monoisotopic (exact) mass is 303 g/mol. The van der Waals surface area contributed by atoms with Crippen molar-refractivity contribution < 1.29 is 18.7 Å². The van der Waals surface area contributed by atoms with Gasteiger partial charge in [-0.3, -0.25) is 4.79 Å². The van der Waals surface area contributed by atoms with Crippen molar-refractivity contribution >= 4 is 5.91 Å².